The van der Waals surface area contributed by atoms with Crippen molar-refractivity contribution in [1.29, 1.82) is 0 Å². The van der Waals surface area contributed by atoms with Crippen LogP contribution in [0.3, 0.4) is 0 Å². The number of hydrogen-bond acceptors (Lipinski definition) is 14. The van der Waals surface area contributed by atoms with Crippen molar-refractivity contribution >= 4 is 17.9 Å². The van der Waals surface area contributed by atoms with E-state index in [2.05, 4.69) is 119 Å². The molecule has 3 aliphatic rings. The highest BCUT2D eigenvalue weighted by Gasteiger charge is 2.52. The molecule has 0 bridgehead atoms. The van der Waals surface area contributed by atoms with Crippen LogP contribution in [0.5, 0.6) is 17.2 Å². The summed E-state index contributed by atoms with van der Waals surface area (Å²) in [6, 6.07) is 11.7. The summed E-state index contributed by atoms with van der Waals surface area (Å²) >= 11 is 0. The van der Waals surface area contributed by atoms with Gasteiger partial charge in [-0.05, 0) is 247 Å². The fraction of sp³-hybridized carbons (Fsp3) is 0.696. The third-order valence-corrected chi connectivity index (χ3v) is 18.9. The first-order valence-corrected chi connectivity index (χ1v) is 30.8. The Labute approximate surface area is 500 Å². The average Bonchev–Trinajstić information content (AvgIpc) is 3.55. The zero-order chi connectivity index (χ0) is 62.4. The first kappa shape index (κ1) is 69.0. The topological polar surface area (TPSA) is 168 Å². The fourth-order valence-electron chi connectivity index (χ4n) is 14.1. The van der Waals surface area contributed by atoms with E-state index in [1.54, 1.807) is 0 Å². The summed E-state index contributed by atoms with van der Waals surface area (Å²) in [5.74, 6) is -0.387. The number of likely N-dealkylation sites (tertiary alicyclic amines) is 3. The summed E-state index contributed by atoms with van der Waals surface area (Å²) in [6.45, 7) is 41.1. The van der Waals surface area contributed by atoms with Gasteiger partial charge < -0.3 is 29.5 Å². The monoisotopic (exact) mass is 1160 g/mol. The number of aromatic hydroxyl groups is 3. The fourth-order valence-corrected chi connectivity index (χ4v) is 14.1. The molecule has 0 amide bonds. The highest BCUT2D eigenvalue weighted by atomic mass is 17.2. The molecule has 6 rings (SSSR count). The number of unbranched alkanes of at least 4 members (excludes halogenated alkanes) is 1. The molecule has 0 spiro atoms. The molecule has 3 saturated heterocycles. The number of carbonyl (C=O) groups is 3. The summed E-state index contributed by atoms with van der Waals surface area (Å²) in [7, 11) is 4.25. The Morgan fingerprint density at radius 1 is 0.554 bits per heavy atom. The van der Waals surface area contributed by atoms with Gasteiger partial charge in [-0.25, -0.2) is 14.6 Å². The number of hydrogen-bond donors (Lipinski definition) is 3. The van der Waals surface area contributed by atoms with E-state index in [-0.39, 0.29) is 75.5 Å². The molecule has 1 unspecified atom stereocenters. The largest absolute Gasteiger partial charge is 0.507 e. The smallest absolute Gasteiger partial charge is 0.351 e. The number of phenols is 3. The summed E-state index contributed by atoms with van der Waals surface area (Å²) < 4.78 is 18.6. The first-order valence-electron chi connectivity index (χ1n) is 30.8. The lowest BCUT2D eigenvalue weighted by molar-refractivity contribution is -0.340. The molecular formula is C69H109N3O11. The number of benzene rings is 3. The Morgan fingerprint density at radius 2 is 0.964 bits per heavy atom. The van der Waals surface area contributed by atoms with Crippen LogP contribution in [-0.4, -0.2) is 133 Å². The lowest BCUT2D eigenvalue weighted by Gasteiger charge is -2.54. The van der Waals surface area contributed by atoms with Crippen LogP contribution in [0, 0.1) is 47.5 Å². The third-order valence-electron chi connectivity index (χ3n) is 18.9. The van der Waals surface area contributed by atoms with Crippen LogP contribution < -0.4 is 0 Å². The van der Waals surface area contributed by atoms with Gasteiger partial charge >= 0.3 is 17.9 Å². The van der Waals surface area contributed by atoms with Gasteiger partial charge in [0.05, 0.1) is 18.6 Å². The molecule has 83 heavy (non-hydrogen) atoms. The van der Waals surface area contributed by atoms with Gasteiger partial charge in [-0.3, -0.25) is 24.3 Å². The van der Waals surface area contributed by atoms with E-state index in [4.69, 9.17) is 24.0 Å². The van der Waals surface area contributed by atoms with Crippen molar-refractivity contribution in [2.75, 3.05) is 33.9 Å². The molecular weight excluding hydrogens is 1050 g/mol. The maximum Gasteiger partial charge on any atom is 0.351 e. The van der Waals surface area contributed by atoms with Gasteiger partial charge in [0.2, 0.25) is 5.60 Å². The molecule has 0 saturated carbocycles. The van der Waals surface area contributed by atoms with Crippen LogP contribution in [-0.2, 0) is 57.6 Å². The molecule has 3 heterocycles. The number of piperidine rings is 3. The van der Waals surface area contributed by atoms with Gasteiger partial charge in [0, 0.05) is 65.5 Å². The molecule has 0 aliphatic carbocycles. The maximum absolute atomic E-state index is 14.5. The number of nitrogens with zero attached hydrogens (tertiary/aromatic N) is 3. The first-order chi connectivity index (χ1) is 38.3. The second-order valence-corrected chi connectivity index (χ2v) is 28.9. The second-order valence-electron chi connectivity index (χ2n) is 28.9. The van der Waals surface area contributed by atoms with Crippen molar-refractivity contribution < 1.29 is 53.7 Å². The van der Waals surface area contributed by atoms with E-state index in [9.17, 15) is 29.7 Å². The zero-order valence-electron chi connectivity index (χ0n) is 55.2. The quantitative estimate of drug-likeness (QED) is 0.0303. The minimum absolute atomic E-state index is 0.0146. The molecule has 3 N–H and O–H groups in total. The predicted octanol–water partition coefficient (Wildman–Crippen LogP) is 13.5. The van der Waals surface area contributed by atoms with Crippen LogP contribution in [0.1, 0.15) is 211 Å². The number of esters is 3. The van der Waals surface area contributed by atoms with E-state index in [0.717, 1.165) is 76.6 Å². The SMILES string of the molecule is CCCCC(Cc1cc(C)c(O)c(C)c1)(OC(=O)C1CC(C)(C)N(C)C(C)(C)C1)C(=O)OC1CC(C)(C)N(C)C(C)(C)C1.Cc1cc(CCCOOC2CC(C)(C)N(CCOC(=O)CCc3cc(C)c(O)c(C)c3)C(C)(C)C2)cc(C)c1O. The van der Waals surface area contributed by atoms with E-state index >= 15 is 0 Å². The van der Waals surface area contributed by atoms with Gasteiger partial charge in [-0.1, -0.05) is 49.7 Å². The molecule has 1 atom stereocenters. The number of phenolic OH excluding ortho intramolecular Hbond substituents is 3. The van der Waals surface area contributed by atoms with Crippen LogP contribution in [0.15, 0.2) is 36.4 Å². The summed E-state index contributed by atoms with van der Waals surface area (Å²) in [5.41, 5.74) is 5.51. The third kappa shape index (κ3) is 17.7. The molecule has 3 fully saturated rings. The molecule has 466 valence electrons. The van der Waals surface area contributed by atoms with Crippen LogP contribution >= 0.6 is 0 Å². The van der Waals surface area contributed by atoms with E-state index < -0.39 is 11.6 Å². The molecule has 14 heteroatoms. The number of carbonyl (C=O) groups excluding carboxylic acids is 3. The Kier molecular flexibility index (Phi) is 22.7. The normalized spacial score (nSPS) is 20.6. The number of rotatable bonds is 21. The highest BCUT2D eigenvalue weighted by Crippen LogP contribution is 2.44. The Hall–Kier alpha value is -4.73. The van der Waals surface area contributed by atoms with Crippen molar-refractivity contribution in [3.8, 4) is 17.2 Å². The van der Waals surface area contributed by atoms with Gasteiger partial charge in [-0.15, -0.1) is 0 Å². The Balaban J connectivity index is 0.000000305. The molecule has 14 nitrogen and oxygen atoms in total. The van der Waals surface area contributed by atoms with Gasteiger partial charge in [0.25, 0.3) is 0 Å². The Bertz CT molecular complexity index is 2600. The number of aryl methyl sites for hydroxylation is 8. The molecule has 3 aromatic rings. The standard InChI is InChI=1S/C36H60N2O5.C33H49NO6/c1-14-15-16-36(19-26-17-24(2)29(39)25(3)18-26,31(41)42-28-22-34(8,9)38(13)35(10,11)23-28)43-30(40)27-20-32(4,5)37(12)33(6,7)21-27;1-22-16-26(17-23(2)30(22)36)10-9-14-39-40-28-20-32(5,6)34(33(7,8)21-28)13-15-38-29(35)12-11-27-18-24(3)31(37)25(4)19-27/h17-18,27-28,39H,14-16,19-23H2,1-13H3;16-19,28,36-37H,9-15,20-21H2,1-8H3. The average molecular weight is 1160 g/mol. The van der Waals surface area contributed by atoms with Crippen molar-refractivity contribution in [2.24, 2.45) is 5.92 Å². The van der Waals surface area contributed by atoms with Gasteiger partial charge in [0.1, 0.15) is 30.0 Å². The zero-order valence-corrected chi connectivity index (χ0v) is 55.2. The lowest BCUT2D eigenvalue weighted by atomic mass is 9.74. The second kappa shape index (κ2) is 27.3. The number of ether oxygens (including phenoxy) is 3. The maximum atomic E-state index is 14.5. The van der Waals surface area contributed by atoms with Crippen molar-refractivity contribution in [1.82, 2.24) is 14.7 Å². The minimum Gasteiger partial charge on any atom is -0.507 e. The lowest BCUT2D eigenvalue weighted by Crippen LogP contribution is -2.62. The van der Waals surface area contributed by atoms with E-state index in [0.29, 0.717) is 82.6 Å². The van der Waals surface area contributed by atoms with Crippen LogP contribution in [0.4, 0.5) is 0 Å². The molecule has 0 radical (unpaired) electrons. The van der Waals surface area contributed by atoms with Gasteiger partial charge in [-0.2, -0.15) is 0 Å². The van der Waals surface area contributed by atoms with E-state index in [1.165, 1.54) is 5.56 Å². The minimum atomic E-state index is -1.46. The summed E-state index contributed by atoms with van der Waals surface area (Å²) in [6.07, 6.45) is 8.80. The van der Waals surface area contributed by atoms with Crippen LogP contribution in [0.2, 0.25) is 0 Å². The van der Waals surface area contributed by atoms with Crippen molar-refractivity contribution in [3.63, 3.8) is 0 Å². The van der Waals surface area contributed by atoms with Crippen molar-refractivity contribution in [3.05, 3.63) is 86.5 Å². The summed E-state index contributed by atoms with van der Waals surface area (Å²) in [5, 5.41) is 30.4. The molecule has 3 aromatic carbocycles. The molecule has 3 aliphatic heterocycles. The predicted molar refractivity (Wildman–Crippen MR) is 331 cm³/mol. The summed E-state index contributed by atoms with van der Waals surface area (Å²) in [4.78, 5) is 59.8. The van der Waals surface area contributed by atoms with Gasteiger partial charge in [0.15, 0.2) is 0 Å². The van der Waals surface area contributed by atoms with E-state index in [1.807, 2.05) is 77.9 Å². The highest BCUT2D eigenvalue weighted by molar-refractivity contribution is 5.85. The Morgan fingerprint density at radius 3 is 1.41 bits per heavy atom. The van der Waals surface area contributed by atoms with Crippen molar-refractivity contribution in [2.45, 2.75) is 272 Å². The molecule has 0 aromatic heterocycles. The van der Waals surface area contributed by atoms with Crippen LogP contribution in [0.25, 0.3) is 0 Å².